The monoisotopic (exact) mass is 522 g/mol. The summed E-state index contributed by atoms with van der Waals surface area (Å²) < 4.78 is 0. The van der Waals surface area contributed by atoms with Crippen molar-refractivity contribution in [2.24, 2.45) is 0 Å². The third kappa shape index (κ3) is 5.33. The van der Waals surface area contributed by atoms with Crippen molar-refractivity contribution in [1.29, 1.82) is 0 Å². The van der Waals surface area contributed by atoms with E-state index >= 15 is 0 Å². The Bertz CT molecular complexity index is 1860. The minimum Gasteiger partial charge on any atom is -0.0622 e. The Labute approximate surface area is 242 Å². The molecule has 7 aromatic carbocycles. The molecule has 7 rings (SSSR count). The van der Waals surface area contributed by atoms with Crippen molar-refractivity contribution >= 4 is 10.8 Å². The summed E-state index contributed by atoms with van der Waals surface area (Å²) in [5, 5.41) is 2.55. The van der Waals surface area contributed by atoms with Gasteiger partial charge in [0.05, 0.1) is 0 Å². The van der Waals surface area contributed by atoms with Gasteiger partial charge in [-0.15, -0.1) is 0 Å². The van der Waals surface area contributed by atoms with Crippen molar-refractivity contribution < 1.29 is 0 Å². The zero-order chi connectivity index (χ0) is 27.4. The predicted octanol–water partition coefficient (Wildman–Crippen LogP) is 11.1. The van der Waals surface area contributed by atoms with Crippen molar-refractivity contribution in [2.75, 3.05) is 0 Å². The van der Waals surface area contributed by atoms with Crippen LogP contribution in [0.2, 0.25) is 0 Å². The van der Waals surface area contributed by atoms with Crippen molar-refractivity contribution in [3.63, 3.8) is 0 Å². The molecule has 0 atom stereocenters. The molecule has 7 aromatic rings. The molecule has 0 nitrogen and oxygen atoms in total. The molecular formula is C41H30. The van der Waals surface area contributed by atoms with Gasteiger partial charge in [0.2, 0.25) is 0 Å². The van der Waals surface area contributed by atoms with E-state index in [0.717, 1.165) is 6.42 Å². The minimum absolute atomic E-state index is 0.886. The van der Waals surface area contributed by atoms with Crippen LogP contribution >= 0.6 is 0 Å². The van der Waals surface area contributed by atoms with Gasteiger partial charge in [0.25, 0.3) is 0 Å². The fraction of sp³-hybridized carbons (Fsp3) is 0.0244. The predicted molar refractivity (Wildman–Crippen MR) is 175 cm³/mol. The van der Waals surface area contributed by atoms with E-state index in [1.165, 1.54) is 66.4 Å². The minimum atomic E-state index is 0.886. The summed E-state index contributed by atoms with van der Waals surface area (Å²) in [5.74, 6) is 0. The first-order valence-corrected chi connectivity index (χ1v) is 14.2. The maximum Gasteiger partial charge on any atom is -0.00253 e. The summed E-state index contributed by atoms with van der Waals surface area (Å²) in [7, 11) is 0. The van der Waals surface area contributed by atoms with Crippen molar-refractivity contribution in [3.05, 3.63) is 181 Å². The van der Waals surface area contributed by atoms with E-state index in [1.807, 2.05) is 0 Å². The van der Waals surface area contributed by atoms with E-state index in [0.29, 0.717) is 0 Å². The van der Waals surface area contributed by atoms with Crippen LogP contribution in [0, 0.1) is 0 Å². The zero-order valence-corrected chi connectivity index (χ0v) is 22.9. The third-order valence-corrected chi connectivity index (χ3v) is 7.87. The average molecular weight is 523 g/mol. The standard InChI is InChI=1S/C41H30/c1-4-11-32(12-5-1)38-26-31(27-39(28-38)33-13-6-2-7-14-33)25-30-19-21-34(22-20-30)37-24-23-36-17-10-18-40(41(36)29-37)35-15-8-3-9-16-35/h1-24,26-29H,25H2. The molecule has 0 aliphatic rings. The molecule has 0 saturated heterocycles. The molecule has 0 spiro atoms. The summed E-state index contributed by atoms with van der Waals surface area (Å²) in [5.41, 5.74) is 12.6. The van der Waals surface area contributed by atoms with Gasteiger partial charge in [-0.1, -0.05) is 158 Å². The summed E-state index contributed by atoms with van der Waals surface area (Å²) in [6.45, 7) is 0. The second kappa shape index (κ2) is 11.1. The van der Waals surface area contributed by atoms with Crippen LogP contribution in [0.5, 0.6) is 0 Å². The topological polar surface area (TPSA) is 0 Å². The Morgan fingerprint density at radius 2 is 0.829 bits per heavy atom. The van der Waals surface area contributed by atoms with Gasteiger partial charge in [0, 0.05) is 0 Å². The Balaban J connectivity index is 1.21. The number of hydrogen-bond donors (Lipinski definition) is 0. The van der Waals surface area contributed by atoms with Gasteiger partial charge in [0.15, 0.2) is 0 Å². The Morgan fingerprint density at radius 3 is 1.44 bits per heavy atom. The fourth-order valence-electron chi connectivity index (χ4n) is 5.76. The molecule has 0 aromatic heterocycles. The van der Waals surface area contributed by atoms with Crippen LogP contribution in [-0.2, 0) is 6.42 Å². The maximum absolute atomic E-state index is 2.34. The summed E-state index contributed by atoms with van der Waals surface area (Å²) in [4.78, 5) is 0. The number of hydrogen-bond acceptors (Lipinski definition) is 0. The number of benzene rings is 7. The molecule has 0 fully saturated rings. The maximum atomic E-state index is 2.34. The molecular weight excluding hydrogens is 492 g/mol. The summed E-state index contributed by atoms with van der Waals surface area (Å²) >= 11 is 0. The zero-order valence-electron chi connectivity index (χ0n) is 22.9. The van der Waals surface area contributed by atoms with Crippen LogP contribution in [-0.4, -0.2) is 0 Å². The molecule has 0 amide bonds. The highest BCUT2D eigenvalue weighted by Gasteiger charge is 2.09. The number of fused-ring (bicyclic) bond motifs is 1. The molecule has 41 heavy (non-hydrogen) atoms. The molecule has 194 valence electrons. The van der Waals surface area contributed by atoms with E-state index in [2.05, 4.69) is 170 Å². The largest absolute Gasteiger partial charge is 0.0622 e. The highest BCUT2D eigenvalue weighted by Crippen LogP contribution is 2.33. The van der Waals surface area contributed by atoms with Gasteiger partial charge in [-0.3, -0.25) is 0 Å². The molecule has 0 unspecified atom stereocenters. The van der Waals surface area contributed by atoms with E-state index < -0.39 is 0 Å². The highest BCUT2D eigenvalue weighted by atomic mass is 14.1. The molecule has 0 N–H and O–H groups in total. The first kappa shape index (κ1) is 24.8. The molecule has 0 heterocycles. The van der Waals surface area contributed by atoms with Crippen molar-refractivity contribution in [2.45, 2.75) is 6.42 Å². The Hall–Kier alpha value is -5.20. The lowest BCUT2D eigenvalue weighted by Crippen LogP contribution is -1.92. The summed E-state index contributed by atoms with van der Waals surface area (Å²) in [6, 6.07) is 61.4. The Kier molecular flexibility index (Phi) is 6.73. The van der Waals surface area contributed by atoms with Crippen molar-refractivity contribution in [1.82, 2.24) is 0 Å². The van der Waals surface area contributed by atoms with Crippen LogP contribution in [0.4, 0.5) is 0 Å². The first-order valence-electron chi connectivity index (χ1n) is 14.2. The van der Waals surface area contributed by atoms with E-state index in [-0.39, 0.29) is 0 Å². The molecule has 0 bridgehead atoms. The van der Waals surface area contributed by atoms with Gasteiger partial charge in [0.1, 0.15) is 0 Å². The number of rotatable bonds is 6. The summed E-state index contributed by atoms with van der Waals surface area (Å²) in [6.07, 6.45) is 0.886. The molecule has 0 saturated carbocycles. The van der Waals surface area contributed by atoms with Gasteiger partial charge in [-0.05, 0) is 85.0 Å². The fourth-order valence-corrected chi connectivity index (χ4v) is 5.76. The van der Waals surface area contributed by atoms with E-state index in [1.54, 1.807) is 0 Å². The first-order chi connectivity index (χ1) is 20.3. The molecule has 0 aliphatic carbocycles. The molecule has 0 radical (unpaired) electrons. The van der Waals surface area contributed by atoms with Crippen LogP contribution in [0.15, 0.2) is 170 Å². The van der Waals surface area contributed by atoms with Gasteiger partial charge < -0.3 is 0 Å². The van der Waals surface area contributed by atoms with E-state index in [4.69, 9.17) is 0 Å². The lowest BCUT2D eigenvalue weighted by Gasteiger charge is -2.12. The second-order valence-corrected chi connectivity index (χ2v) is 10.6. The van der Waals surface area contributed by atoms with Crippen LogP contribution < -0.4 is 0 Å². The molecule has 0 heteroatoms. The quantitative estimate of drug-likeness (QED) is 0.204. The van der Waals surface area contributed by atoms with Crippen LogP contribution in [0.1, 0.15) is 11.1 Å². The smallest absolute Gasteiger partial charge is 0.00253 e. The lowest BCUT2D eigenvalue weighted by atomic mass is 9.92. The lowest BCUT2D eigenvalue weighted by molar-refractivity contribution is 1.19. The molecule has 0 aliphatic heterocycles. The van der Waals surface area contributed by atoms with Crippen LogP contribution in [0.25, 0.3) is 55.3 Å². The SMILES string of the molecule is c1ccc(-c2cc(Cc3ccc(-c4ccc5cccc(-c6ccccc6)c5c4)cc3)cc(-c3ccccc3)c2)cc1. The average Bonchev–Trinajstić information content (AvgIpc) is 3.06. The second-order valence-electron chi connectivity index (χ2n) is 10.6. The van der Waals surface area contributed by atoms with Crippen LogP contribution in [0.3, 0.4) is 0 Å². The Morgan fingerprint density at radius 1 is 0.293 bits per heavy atom. The van der Waals surface area contributed by atoms with Gasteiger partial charge >= 0.3 is 0 Å². The third-order valence-electron chi connectivity index (χ3n) is 7.87. The van der Waals surface area contributed by atoms with E-state index in [9.17, 15) is 0 Å². The van der Waals surface area contributed by atoms with Gasteiger partial charge in [-0.2, -0.15) is 0 Å². The normalized spacial score (nSPS) is 11.0. The van der Waals surface area contributed by atoms with Crippen molar-refractivity contribution in [3.8, 4) is 44.5 Å². The van der Waals surface area contributed by atoms with Gasteiger partial charge in [-0.25, -0.2) is 0 Å². The highest BCUT2D eigenvalue weighted by molar-refractivity contribution is 5.99.